The van der Waals surface area contributed by atoms with Crippen LogP contribution in [-0.2, 0) is 15.7 Å². The third-order valence-electron chi connectivity index (χ3n) is 3.45. The fraction of sp³-hybridized carbons (Fsp3) is 0.222. The molecule has 1 aliphatic rings. The first-order valence-electron chi connectivity index (χ1n) is 7.42. The van der Waals surface area contributed by atoms with Crippen LogP contribution in [0.15, 0.2) is 76.3 Å². The molecular formula is C18H19O3PS. The highest BCUT2D eigenvalue weighted by Crippen LogP contribution is 2.66. The lowest BCUT2D eigenvalue weighted by atomic mass is 10.1. The van der Waals surface area contributed by atoms with Crippen molar-refractivity contribution in [2.75, 3.05) is 0 Å². The van der Waals surface area contributed by atoms with Gasteiger partial charge in [0, 0.05) is 4.90 Å². The third kappa shape index (κ3) is 4.23. The van der Waals surface area contributed by atoms with Crippen LogP contribution in [0.25, 0.3) is 0 Å². The maximum absolute atomic E-state index is 12.9. The number of rotatable bonds is 5. The van der Waals surface area contributed by atoms with Gasteiger partial charge in [-0.1, -0.05) is 60.3 Å². The summed E-state index contributed by atoms with van der Waals surface area (Å²) in [5.41, 5.74) is 0.355. The zero-order chi connectivity index (χ0) is 16.3. The van der Waals surface area contributed by atoms with E-state index in [1.807, 2.05) is 74.5 Å². The van der Waals surface area contributed by atoms with Gasteiger partial charge in [0.2, 0.25) is 0 Å². The van der Waals surface area contributed by atoms with E-state index in [1.54, 1.807) is 17.6 Å². The summed E-state index contributed by atoms with van der Waals surface area (Å²) in [5.74, 6) is 1.66. The van der Waals surface area contributed by atoms with Crippen LogP contribution in [-0.4, -0.2) is 5.60 Å². The molecule has 1 unspecified atom stereocenters. The molecule has 1 aliphatic heterocycles. The van der Waals surface area contributed by atoms with Crippen molar-refractivity contribution in [1.82, 2.24) is 0 Å². The number of hydrogen-bond acceptors (Lipinski definition) is 4. The van der Waals surface area contributed by atoms with E-state index in [1.165, 1.54) is 0 Å². The Morgan fingerprint density at radius 2 is 1.65 bits per heavy atom. The van der Waals surface area contributed by atoms with Crippen molar-refractivity contribution in [3.63, 3.8) is 0 Å². The zero-order valence-electron chi connectivity index (χ0n) is 13.1. The zero-order valence-corrected chi connectivity index (χ0v) is 14.8. The first-order valence-corrected chi connectivity index (χ1v) is 9.85. The average molecular weight is 346 g/mol. The Morgan fingerprint density at radius 3 is 2.30 bits per heavy atom. The largest absolute Gasteiger partial charge is 0.627 e. The molecule has 120 valence electrons. The van der Waals surface area contributed by atoms with Gasteiger partial charge in [0.05, 0.1) is 4.91 Å². The fourth-order valence-corrected chi connectivity index (χ4v) is 5.59. The van der Waals surface area contributed by atoms with E-state index in [9.17, 15) is 4.89 Å². The van der Waals surface area contributed by atoms with Crippen molar-refractivity contribution in [2.24, 2.45) is 0 Å². The van der Waals surface area contributed by atoms with Crippen LogP contribution in [0.5, 0.6) is 0 Å². The summed E-state index contributed by atoms with van der Waals surface area (Å²) in [6, 6.07) is 19.7. The second-order valence-corrected chi connectivity index (χ2v) is 8.70. The summed E-state index contributed by atoms with van der Waals surface area (Å²) in [5, 5.41) is 0. The van der Waals surface area contributed by atoms with Gasteiger partial charge in [0.25, 0.3) is 7.94 Å². The second kappa shape index (κ2) is 6.76. The topological polar surface area (TPSA) is 41.5 Å². The van der Waals surface area contributed by atoms with Gasteiger partial charge in [0.1, 0.15) is 18.0 Å². The molecule has 0 bridgehead atoms. The third-order valence-corrected chi connectivity index (χ3v) is 6.74. The van der Waals surface area contributed by atoms with Crippen LogP contribution < -0.4 is 4.89 Å². The lowest BCUT2D eigenvalue weighted by molar-refractivity contribution is -0.219. The fourth-order valence-electron chi connectivity index (χ4n) is 2.26. The first kappa shape index (κ1) is 16.7. The highest BCUT2D eigenvalue weighted by molar-refractivity contribution is 8.03. The molecule has 0 fully saturated rings. The van der Waals surface area contributed by atoms with Gasteiger partial charge in [-0.25, -0.2) is 4.52 Å². The van der Waals surface area contributed by atoms with Crippen molar-refractivity contribution >= 4 is 19.7 Å². The molecule has 0 N–H and O–H groups in total. The molecule has 0 aliphatic carbocycles. The van der Waals surface area contributed by atoms with Crippen molar-refractivity contribution < 1.29 is 13.9 Å². The molecule has 1 heterocycles. The maximum atomic E-state index is 12.9. The average Bonchev–Trinajstić information content (AvgIpc) is 2.77. The van der Waals surface area contributed by atoms with Crippen molar-refractivity contribution in [3.8, 4) is 0 Å². The van der Waals surface area contributed by atoms with Crippen molar-refractivity contribution in [3.05, 3.63) is 76.9 Å². The molecule has 3 rings (SSSR count). The lowest BCUT2D eigenvalue weighted by Gasteiger charge is -2.25. The molecule has 0 amide bonds. The summed E-state index contributed by atoms with van der Waals surface area (Å²) < 4.78 is 11.4. The van der Waals surface area contributed by atoms with E-state index in [4.69, 9.17) is 9.05 Å². The Morgan fingerprint density at radius 1 is 1.04 bits per heavy atom. The van der Waals surface area contributed by atoms with Gasteiger partial charge in [0.15, 0.2) is 0 Å². The predicted molar refractivity (Wildman–Crippen MR) is 93.7 cm³/mol. The van der Waals surface area contributed by atoms with Gasteiger partial charge >= 0.3 is 0 Å². The Bertz CT molecular complexity index is 688. The Balaban J connectivity index is 1.73. The number of thioether (sulfide) groups is 1. The maximum Gasteiger partial charge on any atom is 0.266 e. The van der Waals surface area contributed by atoms with Crippen molar-refractivity contribution in [2.45, 2.75) is 31.0 Å². The van der Waals surface area contributed by atoms with Crippen LogP contribution in [0.3, 0.4) is 0 Å². The standard InChI is InChI=1S/C18H19O3PS/c1-18(2)17(23-16-11-7-4-8-12-16)14-22(19,21-18)20-13-15-9-5-3-6-10-15/h3-12,14H,13H2,1-2H3. The van der Waals surface area contributed by atoms with Gasteiger partial charge in [-0.2, -0.15) is 4.52 Å². The van der Waals surface area contributed by atoms with Gasteiger partial charge in [-0.15, -0.1) is 0 Å². The lowest BCUT2D eigenvalue weighted by Crippen LogP contribution is -2.23. The second-order valence-electron chi connectivity index (χ2n) is 5.81. The minimum Gasteiger partial charge on any atom is -0.627 e. The molecule has 5 heteroatoms. The Labute approximate surface area is 141 Å². The van der Waals surface area contributed by atoms with Crippen LogP contribution in [0.2, 0.25) is 0 Å². The molecular weight excluding hydrogens is 327 g/mol. The van der Waals surface area contributed by atoms with E-state index >= 15 is 0 Å². The summed E-state index contributed by atoms with van der Waals surface area (Å²) in [4.78, 5) is 14.9. The van der Waals surface area contributed by atoms with Crippen LogP contribution in [0.4, 0.5) is 0 Å². The van der Waals surface area contributed by atoms with Gasteiger partial charge in [-0.05, 0) is 31.5 Å². The van der Waals surface area contributed by atoms with Crippen molar-refractivity contribution in [1.29, 1.82) is 0 Å². The molecule has 2 aromatic rings. The molecule has 0 saturated carbocycles. The minimum atomic E-state index is -3.23. The monoisotopic (exact) mass is 346 g/mol. The summed E-state index contributed by atoms with van der Waals surface area (Å²) in [6.07, 6.45) is 0. The van der Waals surface area contributed by atoms with Gasteiger partial charge in [-0.3, -0.25) is 0 Å². The Hall–Kier alpha value is -1.16. The highest BCUT2D eigenvalue weighted by Gasteiger charge is 2.48. The molecule has 0 saturated heterocycles. The quantitative estimate of drug-likeness (QED) is 0.732. The molecule has 1 atom stereocenters. The number of hydrogen-bond donors (Lipinski definition) is 0. The highest BCUT2D eigenvalue weighted by atomic mass is 32.2. The summed E-state index contributed by atoms with van der Waals surface area (Å²) in [6.45, 7) is 4.11. The normalized spacial score (nSPS) is 22.8. The molecule has 0 radical (unpaired) electrons. The van der Waals surface area contributed by atoms with E-state index in [0.717, 1.165) is 15.4 Å². The Kier molecular flexibility index (Phi) is 4.90. The van der Waals surface area contributed by atoms with Crippen LogP contribution >= 0.6 is 19.7 Å². The SMILES string of the molecule is CC1(C)O[P+]([O-])(OCc2ccccc2)C=C1Sc1ccccc1. The van der Waals surface area contributed by atoms with E-state index in [-0.39, 0.29) is 6.61 Å². The van der Waals surface area contributed by atoms with Gasteiger partial charge < -0.3 is 4.89 Å². The molecule has 3 nitrogen and oxygen atoms in total. The van der Waals surface area contributed by atoms with Crippen LogP contribution in [0.1, 0.15) is 19.4 Å². The summed E-state index contributed by atoms with van der Waals surface area (Å²) in [7, 11) is -3.23. The predicted octanol–water partition coefficient (Wildman–Crippen LogP) is 4.77. The molecule has 2 aromatic carbocycles. The number of benzene rings is 2. The smallest absolute Gasteiger partial charge is 0.266 e. The summed E-state index contributed by atoms with van der Waals surface area (Å²) >= 11 is 1.57. The van der Waals surface area contributed by atoms with E-state index in [0.29, 0.717) is 0 Å². The van der Waals surface area contributed by atoms with Crippen LogP contribution in [0, 0.1) is 0 Å². The van der Waals surface area contributed by atoms with E-state index < -0.39 is 13.5 Å². The molecule has 0 aromatic heterocycles. The first-order chi connectivity index (χ1) is 11.0. The van der Waals surface area contributed by atoms with E-state index in [2.05, 4.69) is 0 Å². The molecule has 0 spiro atoms. The molecule has 23 heavy (non-hydrogen) atoms. The minimum absolute atomic E-state index is 0.272.